The first-order valence-electron chi connectivity index (χ1n) is 7.55. The van der Waals surface area contributed by atoms with Gasteiger partial charge in [0.05, 0.1) is 7.11 Å². The fourth-order valence-corrected chi connectivity index (χ4v) is 2.66. The van der Waals surface area contributed by atoms with Crippen molar-refractivity contribution in [2.24, 2.45) is 0 Å². The van der Waals surface area contributed by atoms with E-state index in [-0.39, 0.29) is 5.82 Å². The molecular formula is C16H25FN2O. The Kier molecular flexibility index (Phi) is 6.27. The highest BCUT2D eigenvalue weighted by Crippen LogP contribution is 2.18. The van der Waals surface area contributed by atoms with Gasteiger partial charge in [0.2, 0.25) is 0 Å². The highest BCUT2D eigenvalue weighted by molar-refractivity contribution is 5.30. The number of piperidine rings is 1. The SMILES string of the molecule is COc1cc(CNCCCN2CCCCC2)ccc1F. The summed E-state index contributed by atoms with van der Waals surface area (Å²) in [4.78, 5) is 2.55. The van der Waals surface area contributed by atoms with Gasteiger partial charge in [0, 0.05) is 6.54 Å². The molecule has 0 radical (unpaired) electrons. The van der Waals surface area contributed by atoms with Crippen molar-refractivity contribution in [2.45, 2.75) is 32.2 Å². The van der Waals surface area contributed by atoms with Crippen molar-refractivity contribution in [3.8, 4) is 5.75 Å². The van der Waals surface area contributed by atoms with Crippen LogP contribution in [0.4, 0.5) is 4.39 Å². The van der Waals surface area contributed by atoms with E-state index in [1.165, 1.54) is 58.5 Å². The third-order valence-corrected chi connectivity index (χ3v) is 3.82. The average Bonchev–Trinajstić information content (AvgIpc) is 2.49. The van der Waals surface area contributed by atoms with Crippen LogP contribution in [-0.2, 0) is 6.54 Å². The summed E-state index contributed by atoms with van der Waals surface area (Å²) in [6.07, 6.45) is 5.26. The zero-order valence-corrected chi connectivity index (χ0v) is 12.3. The molecule has 20 heavy (non-hydrogen) atoms. The topological polar surface area (TPSA) is 24.5 Å². The van der Waals surface area contributed by atoms with Crippen LogP contribution >= 0.6 is 0 Å². The first-order chi connectivity index (χ1) is 9.79. The standard InChI is InChI=1S/C16H25FN2O/c1-20-16-12-14(6-7-15(16)17)13-18-8-5-11-19-9-3-2-4-10-19/h6-7,12,18H,2-5,8-11,13H2,1H3. The zero-order valence-electron chi connectivity index (χ0n) is 12.3. The van der Waals surface area contributed by atoms with Gasteiger partial charge in [-0.1, -0.05) is 12.5 Å². The predicted octanol–water partition coefficient (Wildman–Crippen LogP) is 2.80. The Labute approximate surface area is 121 Å². The van der Waals surface area contributed by atoms with Crippen molar-refractivity contribution >= 4 is 0 Å². The number of ether oxygens (including phenoxy) is 1. The van der Waals surface area contributed by atoms with Crippen LogP contribution in [0.2, 0.25) is 0 Å². The molecule has 0 saturated carbocycles. The molecule has 1 heterocycles. The molecule has 1 aliphatic heterocycles. The summed E-state index contributed by atoms with van der Waals surface area (Å²) in [5, 5.41) is 3.41. The first kappa shape index (κ1) is 15.3. The summed E-state index contributed by atoms with van der Waals surface area (Å²) in [5.41, 5.74) is 1.06. The van der Waals surface area contributed by atoms with E-state index in [9.17, 15) is 4.39 Å². The van der Waals surface area contributed by atoms with Gasteiger partial charge in [0.15, 0.2) is 11.6 Å². The Bertz CT molecular complexity index is 405. The van der Waals surface area contributed by atoms with Crippen molar-refractivity contribution in [3.05, 3.63) is 29.6 Å². The van der Waals surface area contributed by atoms with E-state index in [1.807, 2.05) is 0 Å². The minimum atomic E-state index is -0.304. The fourth-order valence-electron chi connectivity index (χ4n) is 2.66. The van der Waals surface area contributed by atoms with Crippen molar-refractivity contribution in [3.63, 3.8) is 0 Å². The summed E-state index contributed by atoms with van der Waals surface area (Å²) in [7, 11) is 1.49. The summed E-state index contributed by atoms with van der Waals surface area (Å²) in [5.74, 6) is 0.0129. The van der Waals surface area contributed by atoms with Gasteiger partial charge in [-0.25, -0.2) is 4.39 Å². The molecule has 0 spiro atoms. The maximum atomic E-state index is 13.3. The van der Waals surface area contributed by atoms with E-state index >= 15 is 0 Å². The predicted molar refractivity (Wildman–Crippen MR) is 79.6 cm³/mol. The van der Waals surface area contributed by atoms with Crippen LogP contribution in [0.15, 0.2) is 18.2 Å². The molecule has 1 N–H and O–H groups in total. The monoisotopic (exact) mass is 280 g/mol. The Balaban J connectivity index is 1.63. The van der Waals surface area contributed by atoms with Gasteiger partial charge in [0.25, 0.3) is 0 Å². The Morgan fingerprint density at radius 1 is 1.25 bits per heavy atom. The average molecular weight is 280 g/mol. The van der Waals surface area contributed by atoms with Gasteiger partial charge < -0.3 is 15.0 Å². The molecule has 1 fully saturated rings. The van der Waals surface area contributed by atoms with Crippen LogP contribution in [0.1, 0.15) is 31.2 Å². The van der Waals surface area contributed by atoms with Crippen LogP contribution < -0.4 is 10.1 Å². The van der Waals surface area contributed by atoms with Crippen LogP contribution in [0, 0.1) is 5.82 Å². The van der Waals surface area contributed by atoms with Gasteiger partial charge in [-0.3, -0.25) is 0 Å². The number of nitrogens with one attached hydrogen (secondary N) is 1. The normalized spacial score (nSPS) is 16.3. The van der Waals surface area contributed by atoms with Gasteiger partial charge in [-0.05, 0) is 63.1 Å². The van der Waals surface area contributed by atoms with Crippen LogP contribution in [0.25, 0.3) is 0 Å². The number of likely N-dealkylation sites (tertiary alicyclic amines) is 1. The van der Waals surface area contributed by atoms with Gasteiger partial charge in [-0.15, -0.1) is 0 Å². The number of hydrogen-bond acceptors (Lipinski definition) is 3. The lowest BCUT2D eigenvalue weighted by Crippen LogP contribution is -2.32. The molecule has 3 nitrogen and oxygen atoms in total. The number of benzene rings is 1. The Morgan fingerprint density at radius 3 is 2.80 bits per heavy atom. The maximum Gasteiger partial charge on any atom is 0.165 e. The summed E-state index contributed by atoms with van der Waals surface area (Å²) in [6.45, 7) is 5.46. The molecule has 1 aliphatic rings. The van der Waals surface area contributed by atoms with Gasteiger partial charge in [-0.2, -0.15) is 0 Å². The van der Waals surface area contributed by atoms with Crippen LogP contribution in [-0.4, -0.2) is 38.2 Å². The number of nitrogens with zero attached hydrogens (tertiary/aromatic N) is 1. The quantitative estimate of drug-likeness (QED) is 0.777. The van der Waals surface area contributed by atoms with E-state index < -0.39 is 0 Å². The van der Waals surface area contributed by atoms with E-state index in [4.69, 9.17) is 4.74 Å². The number of methoxy groups -OCH3 is 1. The van der Waals surface area contributed by atoms with E-state index in [1.54, 1.807) is 12.1 Å². The maximum absolute atomic E-state index is 13.3. The molecule has 0 amide bonds. The van der Waals surface area contributed by atoms with Crippen molar-refractivity contribution in [2.75, 3.05) is 33.3 Å². The Hall–Kier alpha value is -1.13. The fraction of sp³-hybridized carbons (Fsp3) is 0.625. The second kappa shape index (κ2) is 8.22. The third-order valence-electron chi connectivity index (χ3n) is 3.82. The molecule has 0 atom stereocenters. The second-order valence-corrected chi connectivity index (χ2v) is 5.40. The third kappa shape index (κ3) is 4.76. The molecule has 1 aromatic rings. The van der Waals surface area contributed by atoms with E-state index in [2.05, 4.69) is 10.2 Å². The molecule has 4 heteroatoms. The highest BCUT2D eigenvalue weighted by atomic mass is 19.1. The number of hydrogen-bond donors (Lipinski definition) is 1. The molecule has 2 rings (SSSR count). The largest absolute Gasteiger partial charge is 0.494 e. The lowest BCUT2D eigenvalue weighted by atomic mass is 10.1. The zero-order chi connectivity index (χ0) is 14.2. The smallest absolute Gasteiger partial charge is 0.165 e. The van der Waals surface area contributed by atoms with E-state index in [0.717, 1.165) is 18.7 Å². The Morgan fingerprint density at radius 2 is 2.05 bits per heavy atom. The minimum Gasteiger partial charge on any atom is -0.494 e. The second-order valence-electron chi connectivity index (χ2n) is 5.40. The van der Waals surface area contributed by atoms with Crippen molar-refractivity contribution in [1.29, 1.82) is 0 Å². The molecule has 0 aromatic heterocycles. The summed E-state index contributed by atoms with van der Waals surface area (Å²) < 4.78 is 18.3. The van der Waals surface area contributed by atoms with Crippen LogP contribution in [0.3, 0.4) is 0 Å². The van der Waals surface area contributed by atoms with Crippen molar-refractivity contribution < 1.29 is 9.13 Å². The van der Waals surface area contributed by atoms with Gasteiger partial charge in [0.1, 0.15) is 0 Å². The molecule has 1 saturated heterocycles. The molecule has 0 bridgehead atoms. The number of rotatable bonds is 7. The van der Waals surface area contributed by atoms with Gasteiger partial charge >= 0.3 is 0 Å². The number of halogens is 1. The molecular weight excluding hydrogens is 255 g/mol. The molecule has 0 unspecified atom stereocenters. The minimum absolute atomic E-state index is 0.304. The highest BCUT2D eigenvalue weighted by Gasteiger charge is 2.08. The summed E-state index contributed by atoms with van der Waals surface area (Å²) in [6, 6.07) is 5.02. The lowest BCUT2D eigenvalue weighted by molar-refractivity contribution is 0.225. The lowest BCUT2D eigenvalue weighted by Gasteiger charge is -2.26. The molecule has 1 aromatic carbocycles. The molecule has 112 valence electrons. The van der Waals surface area contributed by atoms with E-state index in [0.29, 0.717) is 5.75 Å². The van der Waals surface area contributed by atoms with Crippen LogP contribution in [0.5, 0.6) is 5.75 Å². The molecule has 0 aliphatic carbocycles. The first-order valence-corrected chi connectivity index (χ1v) is 7.55. The summed E-state index contributed by atoms with van der Waals surface area (Å²) >= 11 is 0. The van der Waals surface area contributed by atoms with Crippen molar-refractivity contribution in [1.82, 2.24) is 10.2 Å².